The summed E-state index contributed by atoms with van der Waals surface area (Å²) in [6.07, 6.45) is 5.40. The van der Waals surface area contributed by atoms with E-state index in [1.807, 2.05) is 94.7 Å². The number of phenols is 1. The van der Waals surface area contributed by atoms with Crippen LogP contribution in [0.5, 0.6) is 11.5 Å². The first kappa shape index (κ1) is 49.2. The van der Waals surface area contributed by atoms with Crippen LogP contribution in [0.2, 0.25) is 0 Å². The highest BCUT2D eigenvalue weighted by atomic mass is 16.5. The molecule has 4 N–H and O–H groups in total. The normalized spacial score (nSPS) is 17.2. The maximum atomic E-state index is 13.9. The van der Waals surface area contributed by atoms with Crippen LogP contribution < -0.4 is 15.6 Å². The predicted octanol–water partition coefficient (Wildman–Crippen LogP) is 7.61. The Balaban J connectivity index is 0.696. The fourth-order valence-corrected chi connectivity index (χ4v) is 10.6. The van der Waals surface area contributed by atoms with E-state index in [9.17, 15) is 29.4 Å². The third-order valence-corrected chi connectivity index (χ3v) is 15.0. The van der Waals surface area contributed by atoms with Crippen LogP contribution >= 0.6 is 0 Å². The minimum absolute atomic E-state index is 0.0295. The van der Waals surface area contributed by atoms with Crippen LogP contribution in [0, 0.1) is 11.3 Å². The van der Waals surface area contributed by atoms with Crippen molar-refractivity contribution in [3.8, 4) is 11.5 Å². The summed E-state index contributed by atoms with van der Waals surface area (Å²) in [6, 6.07) is 41.5. The molecule has 0 saturated carbocycles. The number of aromatic hydroxyl groups is 1. The van der Waals surface area contributed by atoms with Gasteiger partial charge in [-0.2, -0.15) is 0 Å². The SMILES string of the molecule is O=C(OCC1CCN(Cc2ccccc2)CC1)C(c1ccccc1)c1cccc(OCC(=O)N2CCC3(CC2)CCN(C(=O)c2ccc(CCNC[C@H](O)c4ccc(O)c5[nH]c(=O)ccc45)cc2)CC3)c1. The highest BCUT2D eigenvalue weighted by molar-refractivity contribution is 5.94. The molecular weight excluding hydrogens is 895 g/mol. The van der Waals surface area contributed by atoms with Gasteiger partial charge in [0, 0.05) is 56.3 Å². The fraction of sp³-hybridized carbons (Fsp3) is 0.379. The average molecular weight is 960 g/mol. The van der Waals surface area contributed by atoms with Crippen molar-refractivity contribution < 1.29 is 34.1 Å². The number of likely N-dealkylation sites (tertiary alicyclic amines) is 3. The van der Waals surface area contributed by atoms with Crippen molar-refractivity contribution in [1.29, 1.82) is 0 Å². The van der Waals surface area contributed by atoms with Crippen LogP contribution in [0.4, 0.5) is 0 Å². The molecular formula is C58H65N5O8. The number of benzene rings is 5. The van der Waals surface area contributed by atoms with E-state index >= 15 is 0 Å². The number of amides is 2. The molecule has 4 heterocycles. The zero-order chi connectivity index (χ0) is 49.2. The van der Waals surface area contributed by atoms with Crippen molar-refractivity contribution in [2.24, 2.45) is 11.3 Å². The zero-order valence-electron chi connectivity index (χ0n) is 40.3. The summed E-state index contributed by atoms with van der Waals surface area (Å²) >= 11 is 0. The minimum atomic E-state index is -0.839. The number of aliphatic hydroxyl groups is 1. The third-order valence-electron chi connectivity index (χ3n) is 15.0. The van der Waals surface area contributed by atoms with Crippen molar-refractivity contribution in [3.63, 3.8) is 0 Å². The molecule has 0 bridgehead atoms. The summed E-state index contributed by atoms with van der Waals surface area (Å²) in [5.41, 5.74) is 5.33. The Morgan fingerprint density at radius 3 is 2.13 bits per heavy atom. The second-order valence-corrected chi connectivity index (χ2v) is 19.7. The Hall–Kier alpha value is -6.80. The summed E-state index contributed by atoms with van der Waals surface area (Å²) in [5.74, 6) is -0.150. The van der Waals surface area contributed by atoms with E-state index in [1.165, 1.54) is 17.7 Å². The van der Waals surface area contributed by atoms with E-state index in [-0.39, 0.29) is 41.1 Å². The van der Waals surface area contributed by atoms with Gasteiger partial charge in [0.2, 0.25) is 5.56 Å². The number of ether oxygens (including phenoxy) is 2. The maximum absolute atomic E-state index is 13.9. The predicted molar refractivity (Wildman–Crippen MR) is 273 cm³/mol. The van der Waals surface area contributed by atoms with E-state index in [4.69, 9.17) is 9.47 Å². The third kappa shape index (κ3) is 12.4. The van der Waals surface area contributed by atoms with E-state index < -0.39 is 12.0 Å². The van der Waals surface area contributed by atoms with Gasteiger partial charge in [-0.25, -0.2) is 0 Å². The molecule has 5 aromatic carbocycles. The molecule has 370 valence electrons. The summed E-state index contributed by atoms with van der Waals surface area (Å²) in [4.78, 5) is 61.7. The highest BCUT2D eigenvalue weighted by Crippen LogP contribution is 2.42. The second-order valence-electron chi connectivity index (χ2n) is 19.7. The van der Waals surface area contributed by atoms with Gasteiger partial charge >= 0.3 is 5.97 Å². The number of hydrogen-bond acceptors (Lipinski definition) is 10. The summed E-state index contributed by atoms with van der Waals surface area (Å²) in [5, 5.41) is 24.9. The highest BCUT2D eigenvalue weighted by Gasteiger charge is 2.40. The van der Waals surface area contributed by atoms with E-state index in [0.29, 0.717) is 86.0 Å². The first-order valence-electron chi connectivity index (χ1n) is 25.2. The number of hydrogen-bond donors (Lipinski definition) is 4. The summed E-state index contributed by atoms with van der Waals surface area (Å²) in [6.45, 7) is 6.74. The van der Waals surface area contributed by atoms with Crippen LogP contribution in [0.15, 0.2) is 138 Å². The van der Waals surface area contributed by atoms with Crippen LogP contribution in [0.3, 0.4) is 0 Å². The molecule has 3 aliphatic rings. The summed E-state index contributed by atoms with van der Waals surface area (Å²) in [7, 11) is 0. The first-order chi connectivity index (χ1) is 34.6. The van der Waals surface area contributed by atoms with Gasteiger partial charge in [0.1, 0.15) is 17.4 Å². The molecule has 2 atom stereocenters. The van der Waals surface area contributed by atoms with E-state index in [1.54, 1.807) is 12.1 Å². The van der Waals surface area contributed by atoms with Gasteiger partial charge in [-0.3, -0.25) is 24.1 Å². The van der Waals surface area contributed by atoms with E-state index in [2.05, 4.69) is 39.5 Å². The number of H-pyrrole nitrogens is 1. The van der Waals surface area contributed by atoms with Crippen molar-refractivity contribution in [1.82, 2.24) is 25.0 Å². The number of aliphatic hydroxyl groups excluding tert-OH is 1. The smallest absolute Gasteiger partial charge is 0.317 e. The monoisotopic (exact) mass is 959 g/mol. The lowest BCUT2D eigenvalue weighted by atomic mass is 9.71. The number of aromatic amines is 1. The summed E-state index contributed by atoms with van der Waals surface area (Å²) < 4.78 is 12.2. The molecule has 3 aliphatic heterocycles. The zero-order valence-corrected chi connectivity index (χ0v) is 40.3. The molecule has 0 aliphatic carbocycles. The first-order valence-corrected chi connectivity index (χ1v) is 25.2. The standard InChI is InChI=1S/C58H65N5O8/c64-50-20-18-48(49-19-21-52(66)60-55(49)50)51(65)37-59-29-22-41-14-16-45(17-15-41)56(68)63-34-27-58(28-35-63)25-32-62(33-26-58)53(67)40-70-47-13-7-12-46(36-47)54(44-10-5-2-6-11-44)57(69)71-39-43-23-30-61(31-24-43)38-42-8-3-1-4-9-42/h1-21,36,43,51,54,59,64-65H,22-35,37-40H2,(H,60,66)/t51-,54?/m0/s1. The topological polar surface area (TPSA) is 165 Å². The quantitative estimate of drug-likeness (QED) is 0.0529. The molecule has 13 heteroatoms. The lowest BCUT2D eigenvalue weighted by Gasteiger charge is -2.46. The van der Waals surface area contributed by atoms with Gasteiger partial charge in [0.25, 0.3) is 11.8 Å². The van der Waals surface area contributed by atoms with E-state index in [0.717, 1.165) is 74.8 Å². The van der Waals surface area contributed by atoms with Crippen molar-refractivity contribution in [2.45, 2.75) is 63.5 Å². The Morgan fingerprint density at radius 1 is 0.732 bits per heavy atom. The molecule has 2 amide bonds. The van der Waals surface area contributed by atoms with Crippen molar-refractivity contribution >= 4 is 28.7 Å². The number of carbonyl (C=O) groups is 3. The average Bonchev–Trinajstić information content (AvgIpc) is 3.40. The molecule has 1 unspecified atom stereocenters. The number of esters is 1. The largest absolute Gasteiger partial charge is 0.506 e. The van der Waals surface area contributed by atoms with Gasteiger partial charge in [-0.1, -0.05) is 91.0 Å². The van der Waals surface area contributed by atoms with Crippen LogP contribution in [-0.2, 0) is 27.3 Å². The maximum Gasteiger partial charge on any atom is 0.317 e. The number of pyridine rings is 1. The second kappa shape index (κ2) is 23.0. The van der Waals surface area contributed by atoms with Crippen LogP contribution in [0.1, 0.15) is 88.7 Å². The minimum Gasteiger partial charge on any atom is -0.506 e. The number of carbonyl (C=O) groups excluding carboxylic acids is 3. The van der Waals surface area contributed by atoms with Crippen LogP contribution in [0.25, 0.3) is 10.9 Å². The molecule has 0 radical (unpaired) electrons. The van der Waals surface area contributed by atoms with Crippen molar-refractivity contribution in [2.75, 3.05) is 65.6 Å². The molecule has 3 fully saturated rings. The van der Waals surface area contributed by atoms with Gasteiger partial charge < -0.3 is 39.8 Å². The molecule has 3 saturated heterocycles. The Morgan fingerprint density at radius 2 is 1.41 bits per heavy atom. The molecule has 1 aromatic heterocycles. The molecule has 9 rings (SSSR count). The molecule has 1 spiro atoms. The van der Waals surface area contributed by atoms with Gasteiger partial charge in [0.15, 0.2) is 6.61 Å². The Kier molecular flexibility index (Phi) is 15.9. The Bertz CT molecular complexity index is 2790. The number of fused-ring (bicyclic) bond motifs is 1. The fourth-order valence-electron chi connectivity index (χ4n) is 10.6. The van der Waals surface area contributed by atoms with Gasteiger partial charge in [-0.15, -0.1) is 0 Å². The number of nitrogens with zero attached hydrogens (tertiary/aromatic N) is 3. The van der Waals surface area contributed by atoms with Gasteiger partial charge in [-0.05, 0) is 140 Å². The molecule has 6 aromatic rings. The lowest BCUT2D eigenvalue weighted by molar-refractivity contribution is -0.146. The van der Waals surface area contributed by atoms with Crippen molar-refractivity contribution in [3.05, 3.63) is 177 Å². The molecule has 13 nitrogen and oxygen atoms in total. The molecule has 71 heavy (non-hydrogen) atoms. The Labute approximate surface area is 415 Å². The number of piperidine rings is 3. The number of phenolic OH excluding ortho intramolecular Hbond substituents is 1. The van der Waals surface area contributed by atoms with Crippen LogP contribution in [-0.4, -0.2) is 113 Å². The lowest BCUT2D eigenvalue weighted by Crippen LogP contribution is -2.50. The number of nitrogens with one attached hydrogen (secondary N) is 2. The number of aromatic nitrogens is 1. The van der Waals surface area contributed by atoms with Gasteiger partial charge in [0.05, 0.1) is 18.2 Å². The number of rotatable bonds is 17.